The molecule has 0 bridgehead atoms. The Balaban J connectivity index is 1.38. The van der Waals surface area contributed by atoms with E-state index < -0.39 is 0 Å². The third-order valence-electron chi connectivity index (χ3n) is 5.54. The van der Waals surface area contributed by atoms with E-state index in [0.717, 1.165) is 11.1 Å². The summed E-state index contributed by atoms with van der Waals surface area (Å²) in [4.78, 5) is 12.4. The lowest BCUT2D eigenvalue weighted by Crippen LogP contribution is -2.21. The molecule has 8 nitrogen and oxygen atoms in total. The van der Waals surface area contributed by atoms with Gasteiger partial charge in [-0.05, 0) is 36.1 Å². The maximum Gasteiger partial charge on any atom is 0.309 e. The highest BCUT2D eigenvalue weighted by Crippen LogP contribution is 2.42. The summed E-state index contributed by atoms with van der Waals surface area (Å²) in [5.74, 6) is 1.94. The number of anilines is 2. The summed E-state index contributed by atoms with van der Waals surface area (Å²) in [5, 5.41) is 0. The van der Waals surface area contributed by atoms with Crippen LogP contribution >= 0.6 is 0 Å². The Hall–Kier alpha value is -3.29. The predicted octanol–water partition coefficient (Wildman–Crippen LogP) is 1.88. The lowest BCUT2D eigenvalue weighted by molar-refractivity contribution is -0.141. The summed E-state index contributed by atoms with van der Waals surface area (Å²) in [6.07, 6.45) is 1.07. The zero-order valence-corrected chi connectivity index (χ0v) is 15.1. The third-order valence-corrected chi connectivity index (χ3v) is 5.54. The number of fused-ring (bicyclic) bond motifs is 2. The summed E-state index contributed by atoms with van der Waals surface area (Å²) in [7, 11) is 0. The van der Waals surface area contributed by atoms with Crippen LogP contribution in [-0.2, 0) is 22.4 Å². The minimum atomic E-state index is -0.313. The summed E-state index contributed by atoms with van der Waals surface area (Å²) < 4.78 is 26.9. The standard InChI is InChI=1S/C20H20N2O6/c21-14-6-17-16(26-8-27-17)5-11(14)3-12-7-24-20(23)13(12)4-10-1-2-15-19(18(10)22)28-9-25-15/h1-2,5-6,12-13H,3-4,7-9,21-22H2/t12-,13+/m0/s1. The van der Waals surface area contributed by atoms with E-state index >= 15 is 0 Å². The molecule has 0 spiro atoms. The number of rotatable bonds is 4. The lowest BCUT2D eigenvalue weighted by atomic mass is 9.84. The van der Waals surface area contributed by atoms with Gasteiger partial charge in [0.25, 0.3) is 0 Å². The van der Waals surface area contributed by atoms with Crippen molar-refractivity contribution in [2.75, 3.05) is 31.7 Å². The van der Waals surface area contributed by atoms with Gasteiger partial charge in [-0.1, -0.05) is 6.07 Å². The molecule has 3 heterocycles. The van der Waals surface area contributed by atoms with Gasteiger partial charge in [0.15, 0.2) is 23.0 Å². The molecule has 0 unspecified atom stereocenters. The van der Waals surface area contributed by atoms with Crippen molar-refractivity contribution in [1.82, 2.24) is 0 Å². The largest absolute Gasteiger partial charge is 0.465 e. The molecular formula is C20H20N2O6. The molecule has 1 fully saturated rings. The molecule has 2 aromatic rings. The van der Waals surface area contributed by atoms with Crippen LogP contribution in [0.15, 0.2) is 24.3 Å². The summed E-state index contributed by atoms with van der Waals surface area (Å²) in [5.41, 5.74) is 15.3. The van der Waals surface area contributed by atoms with Crippen LogP contribution < -0.4 is 30.4 Å². The quantitative estimate of drug-likeness (QED) is 0.606. The topological polar surface area (TPSA) is 115 Å². The van der Waals surface area contributed by atoms with Gasteiger partial charge in [-0.15, -0.1) is 0 Å². The van der Waals surface area contributed by atoms with Gasteiger partial charge in [0, 0.05) is 17.7 Å². The van der Waals surface area contributed by atoms with Crippen LogP contribution in [0.1, 0.15) is 11.1 Å². The monoisotopic (exact) mass is 384 g/mol. The first-order chi connectivity index (χ1) is 13.6. The first-order valence-corrected chi connectivity index (χ1v) is 9.11. The zero-order chi connectivity index (χ0) is 19.3. The molecule has 0 amide bonds. The Labute approximate surface area is 161 Å². The number of benzene rings is 2. The Kier molecular flexibility index (Phi) is 3.85. The smallest absolute Gasteiger partial charge is 0.309 e. The molecule has 2 atom stereocenters. The molecule has 1 saturated heterocycles. The van der Waals surface area contributed by atoms with E-state index in [4.69, 9.17) is 35.2 Å². The first kappa shape index (κ1) is 16.9. The zero-order valence-electron chi connectivity index (χ0n) is 15.1. The normalized spacial score (nSPS) is 21.8. The molecule has 0 saturated carbocycles. The lowest BCUT2D eigenvalue weighted by Gasteiger charge is -2.18. The number of nitrogens with two attached hydrogens (primary N) is 2. The second-order valence-electron chi connectivity index (χ2n) is 7.18. The number of esters is 1. The van der Waals surface area contributed by atoms with Crippen LogP contribution in [-0.4, -0.2) is 26.2 Å². The van der Waals surface area contributed by atoms with Crippen molar-refractivity contribution in [3.63, 3.8) is 0 Å². The number of carbonyl (C=O) groups excluding carboxylic acids is 1. The third kappa shape index (κ3) is 2.72. The molecule has 2 aromatic carbocycles. The number of hydrogen-bond donors (Lipinski definition) is 2. The maximum atomic E-state index is 12.4. The molecule has 146 valence electrons. The summed E-state index contributed by atoms with van der Waals surface area (Å²) in [6, 6.07) is 7.34. The summed E-state index contributed by atoms with van der Waals surface area (Å²) >= 11 is 0. The van der Waals surface area contributed by atoms with Gasteiger partial charge in [-0.2, -0.15) is 0 Å². The van der Waals surface area contributed by atoms with Crippen molar-refractivity contribution in [3.8, 4) is 23.0 Å². The summed E-state index contributed by atoms with van der Waals surface area (Å²) in [6.45, 7) is 0.692. The van der Waals surface area contributed by atoms with Crippen LogP contribution in [0.5, 0.6) is 23.0 Å². The molecule has 0 aliphatic carbocycles. The average Bonchev–Trinajstić information content (AvgIpc) is 3.40. The number of carbonyl (C=O) groups is 1. The van der Waals surface area contributed by atoms with Gasteiger partial charge in [-0.3, -0.25) is 4.79 Å². The van der Waals surface area contributed by atoms with Gasteiger partial charge in [0.05, 0.1) is 18.2 Å². The Morgan fingerprint density at radius 2 is 1.61 bits per heavy atom. The fourth-order valence-corrected chi connectivity index (χ4v) is 3.96. The molecule has 0 aromatic heterocycles. The van der Waals surface area contributed by atoms with Gasteiger partial charge < -0.3 is 35.2 Å². The van der Waals surface area contributed by atoms with Crippen molar-refractivity contribution < 1.29 is 28.5 Å². The highest BCUT2D eigenvalue weighted by molar-refractivity contribution is 5.76. The first-order valence-electron chi connectivity index (χ1n) is 9.11. The van der Waals surface area contributed by atoms with E-state index in [1.54, 1.807) is 6.07 Å². The minimum Gasteiger partial charge on any atom is -0.465 e. The molecule has 4 N–H and O–H groups in total. The van der Waals surface area contributed by atoms with Crippen LogP contribution in [0.4, 0.5) is 11.4 Å². The van der Waals surface area contributed by atoms with Crippen molar-refractivity contribution in [3.05, 3.63) is 35.4 Å². The fraction of sp³-hybridized carbons (Fsp3) is 0.350. The van der Waals surface area contributed by atoms with Crippen LogP contribution in [0.25, 0.3) is 0 Å². The average molecular weight is 384 g/mol. The highest BCUT2D eigenvalue weighted by Gasteiger charge is 2.38. The molecule has 3 aliphatic heterocycles. The van der Waals surface area contributed by atoms with Crippen LogP contribution in [0.2, 0.25) is 0 Å². The second-order valence-corrected chi connectivity index (χ2v) is 7.18. The molecule has 3 aliphatic rings. The Morgan fingerprint density at radius 1 is 0.857 bits per heavy atom. The highest BCUT2D eigenvalue weighted by atomic mass is 16.7. The second kappa shape index (κ2) is 6.40. The minimum absolute atomic E-state index is 0.0139. The van der Waals surface area contributed by atoms with E-state index in [0.29, 0.717) is 53.8 Å². The van der Waals surface area contributed by atoms with E-state index in [2.05, 4.69) is 0 Å². The van der Waals surface area contributed by atoms with Gasteiger partial charge >= 0.3 is 5.97 Å². The van der Waals surface area contributed by atoms with Crippen molar-refractivity contribution in [1.29, 1.82) is 0 Å². The molecule has 0 radical (unpaired) electrons. The number of cyclic esters (lactones) is 1. The molecule has 5 rings (SSSR count). The SMILES string of the molecule is Nc1cc2c(cc1C[C@H]1COC(=O)[C@@H]1Cc1ccc3c(c1N)OCO3)OCO2. The van der Waals surface area contributed by atoms with E-state index in [-0.39, 0.29) is 31.4 Å². The van der Waals surface area contributed by atoms with Gasteiger partial charge in [0.2, 0.25) is 13.6 Å². The van der Waals surface area contributed by atoms with Crippen LogP contribution in [0.3, 0.4) is 0 Å². The van der Waals surface area contributed by atoms with Gasteiger partial charge in [-0.25, -0.2) is 0 Å². The number of hydrogen-bond acceptors (Lipinski definition) is 8. The molecular weight excluding hydrogens is 364 g/mol. The van der Waals surface area contributed by atoms with E-state index in [9.17, 15) is 4.79 Å². The van der Waals surface area contributed by atoms with Crippen LogP contribution in [0, 0.1) is 11.8 Å². The van der Waals surface area contributed by atoms with E-state index in [1.165, 1.54) is 0 Å². The van der Waals surface area contributed by atoms with E-state index in [1.807, 2.05) is 18.2 Å². The Morgan fingerprint density at radius 3 is 2.46 bits per heavy atom. The van der Waals surface area contributed by atoms with Crippen molar-refractivity contribution in [2.45, 2.75) is 12.8 Å². The number of ether oxygens (including phenoxy) is 5. The van der Waals surface area contributed by atoms with Crippen molar-refractivity contribution >= 4 is 17.3 Å². The fourth-order valence-electron chi connectivity index (χ4n) is 3.96. The van der Waals surface area contributed by atoms with Crippen molar-refractivity contribution in [2.24, 2.45) is 11.8 Å². The molecule has 28 heavy (non-hydrogen) atoms. The predicted molar refractivity (Wildman–Crippen MR) is 99.3 cm³/mol. The number of nitrogen functional groups attached to an aromatic ring is 2. The molecule has 8 heteroatoms. The Bertz CT molecular complexity index is 960. The maximum absolute atomic E-state index is 12.4. The van der Waals surface area contributed by atoms with Gasteiger partial charge in [0.1, 0.15) is 0 Å².